The predicted octanol–water partition coefficient (Wildman–Crippen LogP) is -0.233. The highest BCUT2D eigenvalue weighted by Gasteiger charge is 1.82. The second-order valence-electron chi connectivity index (χ2n) is 1.26. The van der Waals surface area contributed by atoms with Crippen LogP contribution in [0.3, 0.4) is 0 Å². The van der Waals surface area contributed by atoms with Crippen LogP contribution in [0, 0.1) is 0 Å². The van der Waals surface area contributed by atoms with Gasteiger partial charge in [-0.2, -0.15) is 0 Å². The summed E-state index contributed by atoms with van der Waals surface area (Å²) in [6.45, 7) is -4.83. The molecule has 0 aliphatic carbocycles. The fourth-order valence-electron chi connectivity index (χ4n) is 0.224. The first-order valence-corrected chi connectivity index (χ1v) is 2.12. The summed E-state index contributed by atoms with van der Waals surface area (Å²) in [5.74, 6) is 0. The standard InChI is InChI=1S/C5H14N2/c1-6-4-5-7(2)3/h6H,4-5H2,1-3H3/i2D3,3D3. The average Bonchev–Trinajstić information content (AvgIpc) is 1.81. The maximum Gasteiger partial charge on any atom is 0.0394 e. The smallest absolute Gasteiger partial charge is 0.0394 e. The molecule has 0 radical (unpaired) electrons. The Morgan fingerprint density at radius 2 is 2.43 bits per heavy atom. The summed E-state index contributed by atoms with van der Waals surface area (Å²) in [5.41, 5.74) is 0. The van der Waals surface area contributed by atoms with E-state index in [0.29, 0.717) is 11.4 Å². The van der Waals surface area contributed by atoms with Crippen LogP contribution in [0.2, 0.25) is 0 Å². The van der Waals surface area contributed by atoms with Gasteiger partial charge in [-0.15, -0.1) is 0 Å². The van der Waals surface area contributed by atoms with Crippen molar-refractivity contribution < 1.29 is 8.22 Å². The van der Waals surface area contributed by atoms with Crippen molar-refractivity contribution in [1.82, 2.24) is 10.2 Å². The van der Waals surface area contributed by atoms with Crippen molar-refractivity contribution in [2.45, 2.75) is 0 Å². The highest BCUT2D eigenvalue weighted by atomic mass is 15.1. The molecule has 0 amide bonds. The molecule has 0 aliphatic heterocycles. The van der Waals surface area contributed by atoms with Gasteiger partial charge in [0.15, 0.2) is 0 Å². The zero-order chi connectivity index (χ0) is 10.7. The summed E-state index contributed by atoms with van der Waals surface area (Å²) in [5, 5.41) is 2.70. The molecule has 44 valence electrons. The minimum atomic E-state index is -2.57. The van der Waals surface area contributed by atoms with Crippen molar-refractivity contribution in [3.05, 3.63) is 0 Å². The summed E-state index contributed by atoms with van der Waals surface area (Å²) in [7, 11) is 1.64. The van der Waals surface area contributed by atoms with Crippen LogP contribution in [0.25, 0.3) is 0 Å². The quantitative estimate of drug-likeness (QED) is 0.537. The molecule has 2 heteroatoms. The van der Waals surface area contributed by atoms with Crippen LogP contribution in [0.15, 0.2) is 0 Å². The Hall–Kier alpha value is -0.0800. The Bertz CT molecular complexity index is 136. The number of likely N-dealkylation sites (N-methyl/N-ethyl adjacent to an activating group) is 2. The number of rotatable bonds is 3. The van der Waals surface area contributed by atoms with Crippen molar-refractivity contribution in [2.75, 3.05) is 34.1 Å². The predicted molar refractivity (Wildman–Crippen MR) is 32.5 cm³/mol. The molecule has 0 spiro atoms. The molecular weight excluding hydrogens is 88.1 g/mol. The van der Waals surface area contributed by atoms with E-state index < -0.39 is 14.0 Å². The lowest BCUT2D eigenvalue weighted by Gasteiger charge is -2.06. The number of nitrogens with zero attached hydrogens (tertiary/aromatic N) is 1. The van der Waals surface area contributed by atoms with Gasteiger partial charge in [0.05, 0.1) is 0 Å². The Morgan fingerprint density at radius 1 is 1.71 bits per heavy atom. The van der Waals surface area contributed by atoms with Gasteiger partial charge in [0.25, 0.3) is 0 Å². The van der Waals surface area contributed by atoms with E-state index in [0.717, 1.165) is 0 Å². The molecule has 0 aliphatic rings. The molecule has 0 aromatic rings. The van der Waals surface area contributed by atoms with E-state index in [2.05, 4.69) is 5.32 Å². The fourth-order valence-corrected chi connectivity index (χ4v) is 0.224. The third-order valence-corrected chi connectivity index (χ3v) is 0.585. The molecule has 0 atom stereocenters. The first-order chi connectivity index (χ1) is 5.69. The summed E-state index contributed by atoms with van der Waals surface area (Å²) in [6, 6.07) is 0. The molecule has 2 nitrogen and oxygen atoms in total. The van der Waals surface area contributed by atoms with E-state index in [1.807, 2.05) is 0 Å². The van der Waals surface area contributed by atoms with Crippen LogP contribution in [-0.2, 0) is 0 Å². The Labute approximate surface area is 53.9 Å². The molecule has 1 N–H and O–H groups in total. The molecule has 0 saturated heterocycles. The first-order valence-electron chi connectivity index (χ1n) is 5.12. The van der Waals surface area contributed by atoms with E-state index in [4.69, 9.17) is 8.22 Å². The lowest BCUT2D eigenvalue weighted by Crippen LogP contribution is -2.23. The van der Waals surface area contributed by atoms with Gasteiger partial charge in [0, 0.05) is 21.3 Å². The molecule has 0 bridgehead atoms. The molecule has 0 saturated carbocycles. The summed E-state index contributed by atoms with van der Waals surface area (Å²) >= 11 is 0. The molecular formula is C5H14N2. The first kappa shape index (κ1) is 1.71. The van der Waals surface area contributed by atoms with E-state index in [-0.39, 0.29) is 6.54 Å². The minimum absolute atomic E-state index is 0.0243. The molecule has 0 aromatic heterocycles. The van der Waals surface area contributed by atoms with Gasteiger partial charge in [-0.1, -0.05) is 0 Å². The average molecular weight is 108 g/mol. The van der Waals surface area contributed by atoms with Gasteiger partial charge in [-0.25, -0.2) is 0 Å². The van der Waals surface area contributed by atoms with Crippen molar-refractivity contribution in [3.8, 4) is 0 Å². The van der Waals surface area contributed by atoms with Crippen LogP contribution in [0.5, 0.6) is 0 Å². The highest BCUT2D eigenvalue weighted by Crippen LogP contribution is 1.66. The number of hydrogen-bond acceptors (Lipinski definition) is 2. The molecule has 0 heterocycles. The van der Waals surface area contributed by atoms with Crippen LogP contribution >= 0.6 is 0 Å². The topological polar surface area (TPSA) is 15.3 Å². The Morgan fingerprint density at radius 3 is 2.86 bits per heavy atom. The van der Waals surface area contributed by atoms with E-state index in [1.165, 1.54) is 0 Å². The van der Waals surface area contributed by atoms with E-state index >= 15 is 0 Å². The van der Waals surface area contributed by atoms with Crippen LogP contribution in [0.1, 0.15) is 8.22 Å². The molecule has 0 unspecified atom stereocenters. The minimum Gasteiger partial charge on any atom is -0.318 e. The van der Waals surface area contributed by atoms with Gasteiger partial charge in [-0.3, -0.25) is 0 Å². The van der Waals surface area contributed by atoms with Crippen LogP contribution < -0.4 is 5.32 Å². The van der Waals surface area contributed by atoms with Gasteiger partial charge < -0.3 is 10.2 Å². The highest BCUT2D eigenvalue weighted by molar-refractivity contribution is 4.42. The number of nitrogens with one attached hydrogen (secondary N) is 1. The largest absolute Gasteiger partial charge is 0.318 e. The summed E-state index contributed by atoms with van der Waals surface area (Å²) in [4.78, 5) is 0.524. The van der Waals surface area contributed by atoms with Crippen molar-refractivity contribution >= 4 is 0 Å². The fraction of sp³-hybridized carbons (Fsp3) is 1.00. The Kier molecular flexibility index (Phi) is 0.997. The monoisotopic (exact) mass is 108 g/mol. The van der Waals surface area contributed by atoms with Gasteiger partial charge >= 0.3 is 0 Å². The number of hydrogen-bond donors (Lipinski definition) is 1. The van der Waals surface area contributed by atoms with Crippen molar-refractivity contribution in [2.24, 2.45) is 0 Å². The second-order valence-corrected chi connectivity index (χ2v) is 1.26. The molecule has 0 rings (SSSR count). The van der Waals surface area contributed by atoms with Gasteiger partial charge in [0.2, 0.25) is 0 Å². The third-order valence-electron chi connectivity index (χ3n) is 0.585. The molecule has 7 heavy (non-hydrogen) atoms. The van der Waals surface area contributed by atoms with Crippen molar-refractivity contribution in [3.63, 3.8) is 0 Å². The maximum absolute atomic E-state index is 6.99. The Balaban J connectivity index is 4.39. The third kappa shape index (κ3) is 5.92. The normalized spacial score (nSPS) is 26.6. The van der Waals surface area contributed by atoms with Gasteiger partial charge in [-0.05, 0) is 21.0 Å². The lowest BCUT2D eigenvalue weighted by atomic mass is 10.6. The van der Waals surface area contributed by atoms with Gasteiger partial charge in [0.1, 0.15) is 0 Å². The lowest BCUT2D eigenvalue weighted by molar-refractivity contribution is 0.407. The summed E-state index contributed by atoms with van der Waals surface area (Å²) in [6.07, 6.45) is 0. The second kappa shape index (κ2) is 4.09. The van der Waals surface area contributed by atoms with E-state index in [1.54, 1.807) is 7.05 Å². The molecule has 0 aromatic carbocycles. The summed E-state index contributed by atoms with van der Waals surface area (Å²) < 4.78 is 42.0. The van der Waals surface area contributed by atoms with Crippen molar-refractivity contribution in [1.29, 1.82) is 0 Å². The maximum atomic E-state index is 6.99. The zero-order valence-electron chi connectivity index (χ0n) is 10.4. The zero-order valence-corrected chi connectivity index (χ0v) is 4.36. The van der Waals surface area contributed by atoms with E-state index in [9.17, 15) is 0 Å². The SMILES string of the molecule is [2H]C([2H])([2H])N(CCNC)C([2H])([2H])[2H]. The van der Waals surface area contributed by atoms with Crippen LogP contribution in [-0.4, -0.2) is 39.0 Å². The van der Waals surface area contributed by atoms with Crippen LogP contribution in [0.4, 0.5) is 0 Å². The molecule has 0 fully saturated rings.